The number of aromatic amines is 1. The summed E-state index contributed by atoms with van der Waals surface area (Å²) < 4.78 is 0. The number of ketones is 1. The van der Waals surface area contributed by atoms with Crippen LogP contribution in [0.1, 0.15) is 28.8 Å². The molecule has 2 heterocycles. The van der Waals surface area contributed by atoms with E-state index in [1.807, 2.05) is 18.2 Å². The molecular weight excluding hydrogens is 332 g/mol. The van der Waals surface area contributed by atoms with Gasteiger partial charge in [-0.2, -0.15) is 0 Å². The number of benzene rings is 2. The molecule has 25 heavy (non-hydrogen) atoms. The zero-order valence-electron chi connectivity index (χ0n) is 14.0. The minimum atomic E-state index is 0.0696. The average Bonchev–Trinajstić information content (AvgIpc) is 3.05. The molecule has 128 valence electrons. The highest BCUT2D eigenvalue weighted by molar-refractivity contribution is 6.30. The van der Waals surface area contributed by atoms with Crippen molar-refractivity contribution in [2.75, 3.05) is 13.1 Å². The molecular formula is C21H21ClN2O. The van der Waals surface area contributed by atoms with Crippen molar-refractivity contribution in [3.63, 3.8) is 0 Å². The molecule has 0 radical (unpaired) electrons. The van der Waals surface area contributed by atoms with E-state index in [4.69, 9.17) is 11.6 Å². The van der Waals surface area contributed by atoms with Crippen molar-refractivity contribution < 1.29 is 4.79 Å². The first-order valence-corrected chi connectivity index (χ1v) is 9.15. The van der Waals surface area contributed by atoms with Gasteiger partial charge >= 0.3 is 0 Å². The third-order valence-corrected chi connectivity index (χ3v) is 5.33. The predicted molar refractivity (Wildman–Crippen MR) is 102 cm³/mol. The van der Waals surface area contributed by atoms with E-state index in [1.165, 1.54) is 16.5 Å². The fraction of sp³-hybridized carbons (Fsp3) is 0.286. The van der Waals surface area contributed by atoms with Crippen molar-refractivity contribution in [1.29, 1.82) is 0 Å². The summed E-state index contributed by atoms with van der Waals surface area (Å²) >= 11 is 5.93. The molecule has 1 aliphatic heterocycles. The molecule has 0 bridgehead atoms. The lowest BCUT2D eigenvalue weighted by molar-refractivity contribution is 0.0812. The summed E-state index contributed by atoms with van der Waals surface area (Å²) in [5, 5.41) is 1.94. The predicted octanol–water partition coefficient (Wildman–Crippen LogP) is 4.92. The largest absolute Gasteiger partial charge is 0.361 e. The molecule has 1 aliphatic rings. The quantitative estimate of drug-likeness (QED) is 0.677. The number of hydrogen-bond donors (Lipinski definition) is 1. The molecule has 0 aliphatic carbocycles. The summed E-state index contributed by atoms with van der Waals surface area (Å²) in [6.07, 6.45) is 4.12. The SMILES string of the molecule is O=C(c1ccc(Cl)cc1)[C@@H]1CCCN(Cc2c[nH]c3ccccc23)C1. The Hall–Kier alpha value is -2.10. The van der Waals surface area contributed by atoms with Crippen molar-refractivity contribution >= 4 is 28.3 Å². The molecule has 0 saturated carbocycles. The van der Waals surface area contributed by atoms with Gasteiger partial charge in [-0.05, 0) is 55.3 Å². The van der Waals surface area contributed by atoms with E-state index in [0.717, 1.165) is 38.0 Å². The normalized spacial score (nSPS) is 18.5. The maximum absolute atomic E-state index is 12.8. The summed E-state index contributed by atoms with van der Waals surface area (Å²) in [6.45, 7) is 2.75. The molecule has 4 rings (SSSR count). The van der Waals surface area contributed by atoms with Gasteiger partial charge in [-0.3, -0.25) is 9.69 Å². The molecule has 1 aromatic heterocycles. The van der Waals surface area contributed by atoms with Crippen LogP contribution in [0.5, 0.6) is 0 Å². The lowest BCUT2D eigenvalue weighted by Gasteiger charge is -2.31. The molecule has 3 nitrogen and oxygen atoms in total. The number of rotatable bonds is 4. The van der Waals surface area contributed by atoms with E-state index >= 15 is 0 Å². The Labute approximate surface area is 152 Å². The Bertz CT molecular complexity index is 884. The smallest absolute Gasteiger partial charge is 0.167 e. The number of fused-ring (bicyclic) bond motifs is 1. The van der Waals surface area contributed by atoms with Gasteiger partial charge in [-0.15, -0.1) is 0 Å². The van der Waals surface area contributed by atoms with Crippen molar-refractivity contribution in [3.8, 4) is 0 Å². The summed E-state index contributed by atoms with van der Waals surface area (Å²) in [5.74, 6) is 0.306. The lowest BCUT2D eigenvalue weighted by Crippen LogP contribution is -2.38. The third-order valence-electron chi connectivity index (χ3n) is 5.07. The number of nitrogens with zero attached hydrogens (tertiary/aromatic N) is 1. The van der Waals surface area contributed by atoms with Gasteiger partial charge in [0.2, 0.25) is 0 Å². The number of H-pyrrole nitrogens is 1. The Morgan fingerprint density at radius 1 is 1.16 bits per heavy atom. The number of piperidine rings is 1. The second-order valence-corrected chi connectivity index (χ2v) is 7.24. The van der Waals surface area contributed by atoms with E-state index in [9.17, 15) is 4.79 Å². The van der Waals surface area contributed by atoms with Crippen LogP contribution in [0, 0.1) is 5.92 Å². The van der Waals surface area contributed by atoms with Crippen LogP contribution in [-0.2, 0) is 6.54 Å². The Morgan fingerprint density at radius 3 is 2.80 bits per heavy atom. The maximum atomic E-state index is 12.8. The number of nitrogens with one attached hydrogen (secondary N) is 1. The van der Waals surface area contributed by atoms with Crippen LogP contribution >= 0.6 is 11.6 Å². The van der Waals surface area contributed by atoms with Gasteiger partial charge in [-0.1, -0.05) is 29.8 Å². The van der Waals surface area contributed by atoms with Gasteiger partial charge in [0.05, 0.1) is 0 Å². The van der Waals surface area contributed by atoms with E-state index < -0.39 is 0 Å². The number of para-hydroxylation sites is 1. The second kappa shape index (κ2) is 7.03. The van der Waals surface area contributed by atoms with Crippen LogP contribution in [-0.4, -0.2) is 28.8 Å². The van der Waals surface area contributed by atoms with Gasteiger partial charge in [-0.25, -0.2) is 0 Å². The highest BCUT2D eigenvalue weighted by Crippen LogP contribution is 2.25. The summed E-state index contributed by atoms with van der Waals surface area (Å²) in [5.41, 5.74) is 3.24. The van der Waals surface area contributed by atoms with E-state index in [0.29, 0.717) is 5.02 Å². The number of halogens is 1. The monoisotopic (exact) mass is 352 g/mol. The van der Waals surface area contributed by atoms with E-state index in [1.54, 1.807) is 12.1 Å². The highest BCUT2D eigenvalue weighted by Gasteiger charge is 2.26. The fourth-order valence-corrected chi connectivity index (χ4v) is 3.89. The third kappa shape index (κ3) is 3.48. The van der Waals surface area contributed by atoms with Gasteiger partial charge in [0, 0.05) is 46.7 Å². The molecule has 1 saturated heterocycles. The first-order chi connectivity index (χ1) is 12.2. The molecule has 1 fully saturated rings. The topological polar surface area (TPSA) is 36.1 Å². The first-order valence-electron chi connectivity index (χ1n) is 8.78. The van der Waals surface area contributed by atoms with E-state index in [-0.39, 0.29) is 11.7 Å². The molecule has 3 aromatic rings. The number of Topliss-reactive ketones (excluding diaryl/α,β-unsaturated/α-hetero) is 1. The molecule has 0 unspecified atom stereocenters. The number of likely N-dealkylation sites (tertiary alicyclic amines) is 1. The molecule has 0 spiro atoms. The molecule has 1 atom stereocenters. The van der Waals surface area contributed by atoms with Crippen LogP contribution in [0.3, 0.4) is 0 Å². The lowest BCUT2D eigenvalue weighted by atomic mass is 9.90. The Balaban J connectivity index is 1.47. The zero-order chi connectivity index (χ0) is 17.2. The van der Waals surface area contributed by atoms with Crippen LogP contribution in [0.25, 0.3) is 10.9 Å². The zero-order valence-corrected chi connectivity index (χ0v) is 14.8. The molecule has 1 N–H and O–H groups in total. The Morgan fingerprint density at radius 2 is 1.96 bits per heavy atom. The number of carbonyl (C=O) groups excluding carboxylic acids is 1. The van der Waals surface area contributed by atoms with Crippen molar-refractivity contribution in [1.82, 2.24) is 9.88 Å². The van der Waals surface area contributed by atoms with Crippen LogP contribution < -0.4 is 0 Å². The van der Waals surface area contributed by atoms with Gasteiger partial charge in [0.15, 0.2) is 5.78 Å². The number of hydrogen-bond acceptors (Lipinski definition) is 2. The van der Waals surface area contributed by atoms with Crippen LogP contribution in [0.15, 0.2) is 54.7 Å². The summed E-state index contributed by atoms with van der Waals surface area (Å²) in [7, 11) is 0. The van der Waals surface area contributed by atoms with Crippen LogP contribution in [0.4, 0.5) is 0 Å². The van der Waals surface area contributed by atoms with E-state index in [2.05, 4.69) is 34.3 Å². The molecule has 2 aromatic carbocycles. The first kappa shape index (κ1) is 16.4. The number of carbonyl (C=O) groups is 1. The second-order valence-electron chi connectivity index (χ2n) is 6.80. The minimum Gasteiger partial charge on any atom is -0.361 e. The summed E-state index contributed by atoms with van der Waals surface area (Å²) in [4.78, 5) is 18.5. The average molecular weight is 353 g/mol. The highest BCUT2D eigenvalue weighted by atomic mass is 35.5. The fourth-order valence-electron chi connectivity index (χ4n) is 3.77. The summed E-state index contributed by atoms with van der Waals surface area (Å²) in [6, 6.07) is 15.6. The van der Waals surface area contributed by atoms with Gasteiger partial charge in [0.25, 0.3) is 0 Å². The maximum Gasteiger partial charge on any atom is 0.167 e. The molecule has 4 heteroatoms. The Kier molecular flexibility index (Phi) is 4.60. The van der Waals surface area contributed by atoms with Crippen molar-refractivity contribution in [2.45, 2.75) is 19.4 Å². The minimum absolute atomic E-state index is 0.0696. The van der Waals surface area contributed by atoms with Gasteiger partial charge in [0.1, 0.15) is 0 Å². The van der Waals surface area contributed by atoms with Gasteiger partial charge < -0.3 is 4.98 Å². The molecule has 0 amide bonds. The standard InChI is InChI=1S/C21H21ClN2O/c22-18-9-7-15(8-10-18)21(25)16-4-3-11-24(13-16)14-17-12-23-20-6-2-1-5-19(17)20/h1-2,5-10,12,16,23H,3-4,11,13-14H2/t16-/m1/s1. The van der Waals surface area contributed by atoms with Crippen molar-refractivity contribution in [3.05, 3.63) is 70.9 Å². The number of aromatic nitrogens is 1. The van der Waals surface area contributed by atoms with Crippen molar-refractivity contribution in [2.24, 2.45) is 5.92 Å². The van der Waals surface area contributed by atoms with Crippen LogP contribution in [0.2, 0.25) is 5.02 Å².